The maximum atomic E-state index is 12.1. The summed E-state index contributed by atoms with van der Waals surface area (Å²) in [4.78, 5) is 26.6. The Kier molecular flexibility index (Phi) is 6.36. The maximum Gasteiger partial charge on any atom is 0.261 e. The smallest absolute Gasteiger partial charge is 0.261 e. The van der Waals surface area contributed by atoms with Gasteiger partial charge in [-0.05, 0) is 38.3 Å². The van der Waals surface area contributed by atoms with Gasteiger partial charge in [0.1, 0.15) is 5.56 Å². The van der Waals surface area contributed by atoms with Crippen molar-refractivity contribution in [3.05, 3.63) is 33.2 Å². The van der Waals surface area contributed by atoms with Crippen molar-refractivity contribution in [3.8, 4) is 0 Å². The van der Waals surface area contributed by atoms with Gasteiger partial charge in [-0.3, -0.25) is 9.59 Å². The third kappa shape index (κ3) is 5.18. The average molecular weight is 322 g/mol. The zero-order valence-corrected chi connectivity index (χ0v) is 13.9. The van der Waals surface area contributed by atoms with Crippen molar-refractivity contribution in [2.45, 2.75) is 58.2 Å². The van der Waals surface area contributed by atoms with Crippen molar-refractivity contribution in [1.82, 2.24) is 10.3 Å². The second-order valence-corrected chi connectivity index (χ2v) is 6.30. The Morgan fingerprint density at radius 1 is 1.39 bits per heavy atom. The number of aromatic nitrogens is 1. The van der Waals surface area contributed by atoms with Crippen LogP contribution in [0.1, 0.15) is 53.7 Å². The fraction of sp³-hybridized carbons (Fsp3) is 0.647. The molecule has 0 spiro atoms. The lowest BCUT2D eigenvalue weighted by Crippen LogP contribution is -2.38. The molecule has 1 amide bonds. The zero-order chi connectivity index (χ0) is 16.8. The van der Waals surface area contributed by atoms with Gasteiger partial charge in [0, 0.05) is 12.2 Å². The minimum Gasteiger partial charge on any atom is -0.389 e. The number of rotatable bonds is 6. The first-order valence-electron chi connectivity index (χ1n) is 8.25. The summed E-state index contributed by atoms with van der Waals surface area (Å²) in [5, 5.41) is 12.5. The first kappa shape index (κ1) is 17.7. The first-order valence-corrected chi connectivity index (χ1v) is 8.25. The number of H-pyrrole nitrogens is 1. The normalized spacial score (nSPS) is 17.0. The molecule has 0 aliphatic heterocycles. The van der Waals surface area contributed by atoms with Gasteiger partial charge in [-0.25, -0.2) is 0 Å². The molecule has 128 valence electrons. The highest BCUT2D eigenvalue weighted by atomic mass is 16.5. The number of aryl methyl sites for hydroxylation is 2. The van der Waals surface area contributed by atoms with Crippen LogP contribution in [0, 0.1) is 13.8 Å². The zero-order valence-electron chi connectivity index (χ0n) is 13.9. The standard InChI is InChI=1S/C17H26N2O4/c1-11-8-12(2)19-17(22)15(11)16(21)18-9-13(20)10-23-14-6-4-3-5-7-14/h8,13-14,20H,3-7,9-10H2,1-2H3,(H,18,21)(H,19,22). The summed E-state index contributed by atoms with van der Waals surface area (Å²) < 4.78 is 5.68. The summed E-state index contributed by atoms with van der Waals surface area (Å²) in [7, 11) is 0. The third-order valence-corrected chi connectivity index (χ3v) is 4.17. The van der Waals surface area contributed by atoms with Crippen LogP contribution in [0.5, 0.6) is 0 Å². The van der Waals surface area contributed by atoms with E-state index in [0.717, 1.165) is 12.8 Å². The number of pyridine rings is 1. The van der Waals surface area contributed by atoms with E-state index in [1.807, 2.05) is 0 Å². The molecule has 1 atom stereocenters. The van der Waals surface area contributed by atoms with Crippen molar-refractivity contribution in [1.29, 1.82) is 0 Å². The summed E-state index contributed by atoms with van der Waals surface area (Å²) in [5.41, 5.74) is 1.02. The summed E-state index contributed by atoms with van der Waals surface area (Å²) in [6.07, 6.45) is 5.12. The lowest BCUT2D eigenvalue weighted by molar-refractivity contribution is -0.0225. The highest BCUT2D eigenvalue weighted by Gasteiger charge is 2.18. The molecule has 1 heterocycles. The molecule has 1 unspecified atom stereocenters. The lowest BCUT2D eigenvalue weighted by Gasteiger charge is -2.23. The maximum absolute atomic E-state index is 12.1. The number of carbonyl (C=O) groups is 1. The molecule has 1 aromatic heterocycles. The Morgan fingerprint density at radius 3 is 2.74 bits per heavy atom. The van der Waals surface area contributed by atoms with Crippen LogP contribution in [0.3, 0.4) is 0 Å². The number of aliphatic hydroxyl groups is 1. The van der Waals surface area contributed by atoms with E-state index in [0.29, 0.717) is 11.3 Å². The van der Waals surface area contributed by atoms with E-state index in [1.165, 1.54) is 19.3 Å². The predicted molar refractivity (Wildman–Crippen MR) is 87.7 cm³/mol. The fourth-order valence-corrected chi connectivity index (χ4v) is 2.97. The van der Waals surface area contributed by atoms with Crippen LogP contribution in [-0.4, -0.2) is 41.4 Å². The minimum atomic E-state index is -0.772. The Hall–Kier alpha value is -1.66. The summed E-state index contributed by atoms with van der Waals surface area (Å²) in [6, 6.07) is 1.75. The third-order valence-electron chi connectivity index (χ3n) is 4.17. The van der Waals surface area contributed by atoms with Gasteiger partial charge in [0.15, 0.2) is 0 Å². The van der Waals surface area contributed by atoms with Gasteiger partial charge < -0.3 is 20.1 Å². The van der Waals surface area contributed by atoms with Crippen LogP contribution in [0.4, 0.5) is 0 Å². The topological polar surface area (TPSA) is 91.4 Å². The van der Waals surface area contributed by atoms with Crippen LogP contribution < -0.4 is 10.9 Å². The molecule has 2 rings (SSSR count). The number of ether oxygens (including phenoxy) is 1. The Morgan fingerprint density at radius 2 is 2.09 bits per heavy atom. The number of amides is 1. The minimum absolute atomic E-state index is 0.0678. The van der Waals surface area contributed by atoms with Crippen molar-refractivity contribution in [2.75, 3.05) is 13.2 Å². The molecule has 0 saturated heterocycles. The second-order valence-electron chi connectivity index (χ2n) is 6.30. The number of nitrogens with one attached hydrogen (secondary N) is 2. The van der Waals surface area contributed by atoms with Gasteiger partial charge in [-0.1, -0.05) is 19.3 Å². The van der Waals surface area contributed by atoms with Crippen LogP contribution in [0.15, 0.2) is 10.9 Å². The van der Waals surface area contributed by atoms with Gasteiger partial charge in [0.05, 0.1) is 18.8 Å². The van der Waals surface area contributed by atoms with E-state index in [2.05, 4.69) is 10.3 Å². The van der Waals surface area contributed by atoms with Crippen LogP contribution in [-0.2, 0) is 4.74 Å². The molecule has 0 aromatic carbocycles. The molecule has 6 nitrogen and oxygen atoms in total. The highest BCUT2D eigenvalue weighted by Crippen LogP contribution is 2.20. The lowest BCUT2D eigenvalue weighted by atomic mass is 9.98. The van der Waals surface area contributed by atoms with Crippen molar-refractivity contribution < 1.29 is 14.6 Å². The first-order chi connectivity index (χ1) is 11.0. The fourth-order valence-electron chi connectivity index (χ4n) is 2.97. The van der Waals surface area contributed by atoms with Crippen molar-refractivity contribution in [3.63, 3.8) is 0 Å². The molecule has 0 bridgehead atoms. The molecule has 0 radical (unpaired) electrons. The van der Waals surface area contributed by atoms with E-state index in [4.69, 9.17) is 4.74 Å². The highest BCUT2D eigenvalue weighted by molar-refractivity contribution is 5.95. The molecular formula is C17H26N2O4. The molecule has 1 fully saturated rings. The number of aliphatic hydroxyl groups excluding tert-OH is 1. The van der Waals surface area contributed by atoms with E-state index in [9.17, 15) is 14.7 Å². The van der Waals surface area contributed by atoms with Crippen LogP contribution in [0.25, 0.3) is 0 Å². The van der Waals surface area contributed by atoms with Crippen molar-refractivity contribution in [2.24, 2.45) is 0 Å². The molecule has 1 saturated carbocycles. The Labute approximate surface area is 136 Å². The van der Waals surface area contributed by atoms with Gasteiger partial charge >= 0.3 is 0 Å². The molecule has 1 aliphatic rings. The van der Waals surface area contributed by atoms with E-state index in [1.54, 1.807) is 19.9 Å². The molecule has 23 heavy (non-hydrogen) atoms. The number of hydrogen-bond acceptors (Lipinski definition) is 4. The van der Waals surface area contributed by atoms with E-state index < -0.39 is 17.6 Å². The quantitative estimate of drug-likeness (QED) is 0.739. The van der Waals surface area contributed by atoms with E-state index >= 15 is 0 Å². The van der Waals surface area contributed by atoms with Crippen molar-refractivity contribution >= 4 is 5.91 Å². The van der Waals surface area contributed by atoms with Gasteiger partial charge in [-0.15, -0.1) is 0 Å². The van der Waals surface area contributed by atoms with Crippen LogP contribution in [0.2, 0.25) is 0 Å². The number of hydrogen-bond donors (Lipinski definition) is 3. The monoisotopic (exact) mass is 322 g/mol. The number of aromatic amines is 1. The molecular weight excluding hydrogens is 296 g/mol. The second kappa shape index (κ2) is 8.26. The largest absolute Gasteiger partial charge is 0.389 e. The molecule has 1 aromatic rings. The molecule has 1 aliphatic carbocycles. The Bertz CT molecular complexity index is 591. The van der Waals surface area contributed by atoms with Gasteiger partial charge in [0.2, 0.25) is 0 Å². The number of carbonyl (C=O) groups excluding carboxylic acids is 1. The van der Waals surface area contributed by atoms with Gasteiger partial charge in [-0.2, -0.15) is 0 Å². The predicted octanol–water partition coefficient (Wildman–Crippen LogP) is 1.43. The SMILES string of the molecule is Cc1cc(C)c(C(=O)NCC(O)COC2CCCCC2)c(=O)[nH]1. The Balaban J connectivity index is 1.80. The summed E-state index contributed by atoms with van der Waals surface area (Å²) >= 11 is 0. The molecule has 3 N–H and O–H groups in total. The van der Waals surface area contributed by atoms with E-state index in [-0.39, 0.29) is 24.8 Å². The van der Waals surface area contributed by atoms with Gasteiger partial charge in [0.25, 0.3) is 11.5 Å². The summed E-state index contributed by atoms with van der Waals surface area (Å²) in [5.74, 6) is -0.472. The molecule has 6 heteroatoms. The average Bonchev–Trinajstić information content (AvgIpc) is 2.51. The summed E-state index contributed by atoms with van der Waals surface area (Å²) in [6.45, 7) is 3.76. The van der Waals surface area contributed by atoms with Crippen LogP contribution >= 0.6 is 0 Å².